The maximum Gasteiger partial charge on any atom is 0.252 e. The smallest absolute Gasteiger partial charge is 0.252 e. The summed E-state index contributed by atoms with van der Waals surface area (Å²) in [6, 6.07) is 118. The standard InChI is InChI=1S/C78H53BN2/c1-5-24-54(25-6-1)58-32-17-34-60(50-58)62-36-19-38-64(52-62)68-42-21-40-66(56-28-9-3-10-29-56)77(68)80-72-46-15-13-44-70(72)79-71-45-14-16-47-73(71)81(75-49-23-48-74(80)76(75)79)78-67(57-30-11-4-12-31-57)41-22-43-69(78)65-39-20-37-63(53-65)61-35-18-33-59(51-61)55-26-7-2-8-27-55/h1-53H. The Morgan fingerprint density at radius 2 is 0.432 bits per heavy atom. The second-order valence-electron chi connectivity index (χ2n) is 21.1. The van der Waals surface area contributed by atoms with E-state index in [1.165, 1.54) is 72.3 Å². The first kappa shape index (κ1) is 47.7. The largest absolute Gasteiger partial charge is 0.310 e. The van der Waals surface area contributed by atoms with Crippen molar-refractivity contribution in [3.8, 4) is 89.0 Å². The van der Waals surface area contributed by atoms with Crippen LogP contribution in [0.4, 0.5) is 34.1 Å². The third-order valence-corrected chi connectivity index (χ3v) is 16.4. The Labute approximate surface area is 474 Å². The van der Waals surface area contributed by atoms with Gasteiger partial charge in [-0.1, -0.05) is 273 Å². The molecule has 0 saturated heterocycles. The lowest BCUT2D eigenvalue weighted by Crippen LogP contribution is -2.61. The van der Waals surface area contributed by atoms with Crippen molar-refractivity contribution in [1.29, 1.82) is 0 Å². The molecule has 0 N–H and O–H groups in total. The highest BCUT2D eigenvalue weighted by Gasteiger charge is 2.44. The Balaban J connectivity index is 0.952. The summed E-state index contributed by atoms with van der Waals surface area (Å²) in [5.41, 5.74) is 29.5. The highest BCUT2D eigenvalue weighted by atomic mass is 15.2. The van der Waals surface area contributed by atoms with Gasteiger partial charge in [0.2, 0.25) is 0 Å². The topological polar surface area (TPSA) is 6.48 Å². The van der Waals surface area contributed by atoms with Gasteiger partial charge in [-0.05, 0) is 132 Å². The molecule has 0 amide bonds. The van der Waals surface area contributed by atoms with E-state index in [-0.39, 0.29) is 6.71 Å². The summed E-state index contributed by atoms with van der Waals surface area (Å²) >= 11 is 0. The minimum Gasteiger partial charge on any atom is -0.310 e. The van der Waals surface area contributed by atoms with Crippen LogP contribution in [0.3, 0.4) is 0 Å². The second kappa shape index (κ2) is 20.4. The van der Waals surface area contributed by atoms with Crippen molar-refractivity contribution in [2.45, 2.75) is 0 Å². The summed E-state index contributed by atoms with van der Waals surface area (Å²) in [5, 5.41) is 0. The van der Waals surface area contributed by atoms with Gasteiger partial charge in [-0.25, -0.2) is 0 Å². The first-order valence-corrected chi connectivity index (χ1v) is 28.0. The first-order valence-electron chi connectivity index (χ1n) is 28.0. The second-order valence-corrected chi connectivity index (χ2v) is 21.1. The summed E-state index contributed by atoms with van der Waals surface area (Å²) in [5.74, 6) is 0. The molecule has 13 aromatic carbocycles. The number of fused-ring (bicyclic) bond motifs is 4. The molecule has 13 aromatic rings. The van der Waals surface area contributed by atoms with Crippen LogP contribution in [0, 0.1) is 0 Å². The van der Waals surface area contributed by atoms with Gasteiger partial charge in [0.1, 0.15) is 0 Å². The summed E-state index contributed by atoms with van der Waals surface area (Å²) in [4.78, 5) is 5.18. The molecule has 3 heteroatoms. The summed E-state index contributed by atoms with van der Waals surface area (Å²) in [6.07, 6.45) is 0. The number of hydrogen-bond acceptors (Lipinski definition) is 2. The molecular weight excluding hydrogens is 976 g/mol. The number of para-hydroxylation sites is 4. The van der Waals surface area contributed by atoms with Gasteiger partial charge in [0.15, 0.2) is 0 Å². The van der Waals surface area contributed by atoms with Crippen LogP contribution in [0.2, 0.25) is 0 Å². The minimum atomic E-state index is -0.0452. The molecule has 0 aliphatic carbocycles. The number of rotatable bonds is 10. The van der Waals surface area contributed by atoms with E-state index in [1.54, 1.807) is 0 Å². The van der Waals surface area contributed by atoms with E-state index in [0.717, 1.165) is 67.3 Å². The molecule has 2 aliphatic heterocycles. The zero-order chi connectivity index (χ0) is 53.6. The molecule has 2 aliphatic rings. The summed E-state index contributed by atoms with van der Waals surface area (Å²) < 4.78 is 0. The number of hydrogen-bond donors (Lipinski definition) is 0. The molecule has 0 fully saturated rings. The van der Waals surface area contributed by atoms with Crippen molar-refractivity contribution >= 4 is 57.2 Å². The maximum absolute atomic E-state index is 2.59. The first-order chi connectivity index (χ1) is 40.2. The van der Waals surface area contributed by atoms with Crippen LogP contribution in [-0.4, -0.2) is 6.71 Å². The van der Waals surface area contributed by atoms with Crippen LogP contribution >= 0.6 is 0 Å². The van der Waals surface area contributed by atoms with E-state index in [1.807, 2.05) is 0 Å². The predicted octanol–water partition coefficient (Wildman–Crippen LogP) is 19.1. The Bertz CT molecular complexity index is 4190. The fourth-order valence-electron chi connectivity index (χ4n) is 12.8. The average Bonchev–Trinajstić information content (AvgIpc) is 3.69. The molecule has 81 heavy (non-hydrogen) atoms. The molecule has 0 bridgehead atoms. The van der Waals surface area contributed by atoms with Crippen molar-refractivity contribution in [3.63, 3.8) is 0 Å². The third-order valence-electron chi connectivity index (χ3n) is 16.4. The SMILES string of the molecule is c1ccc(-c2cccc(-c3cccc(-c4cccc(-c5ccccc5)c4N4c5ccccc5B5c6ccccc6N(c6c(-c7ccccc7)cccc6-c6cccc(-c7cccc(-c8ccccc8)c7)c6)c6cccc4c65)c3)c2)cc1. The van der Waals surface area contributed by atoms with Crippen molar-refractivity contribution in [1.82, 2.24) is 0 Å². The molecule has 0 aromatic heterocycles. The van der Waals surface area contributed by atoms with Crippen LogP contribution in [-0.2, 0) is 0 Å². The zero-order valence-electron chi connectivity index (χ0n) is 44.6. The Kier molecular flexibility index (Phi) is 12.0. The fourth-order valence-corrected chi connectivity index (χ4v) is 12.8. The molecule has 0 radical (unpaired) electrons. The monoisotopic (exact) mass is 1030 g/mol. The van der Waals surface area contributed by atoms with Gasteiger partial charge < -0.3 is 9.80 Å². The van der Waals surface area contributed by atoms with Gasteiger partial charge in [0.05, 0.1) is 11.4 Å². The molecule has 2 nitrogen and oxygen atoms in total. The Morgan fingerprint density at radius 3 is 0.815 bits per heavy atom. The van der Waals surface area contributed by atoms with Crippen molar-refractivity contribution in [2.24, 2.45) is 0 Å². The van der Waals surface area contributed by atoms with Crippen LogP contribution < -0.4 is 26.2 Å². The van der Waals surface area contributed by atoms with Crippen LogP contribution in [0.5, 0.6) is 0 Å². The molecule has 2 heterocycles. The molecule has 378 valence electrons. The van der Waals surface area contributed by atoms with Crippen molar-refractivity contribution in [2.75, 3.05) is 9.80 Å². The van der Waals surface area contributed by atoms with Gasteiger partial charge in [0.25, 0.3) is 6.71 Å². The molecule has 0 unspecified atom stereocenters. The number of anilines is 6. The zero-order valence-corrected chi connectivity index (χ0v) is 44.6. The van der Waals surface area contributed by atoms with Gasteiger partial charge in [-0.3, -0.25) is 0 Å². The van der Waals surface area contributed by atoms with E-state index in [4.69, 9.17) is 0 Å². The molecule has 0 atom stereocenters. The lowest BCUT2D eigenvalue weighted by molar-refractivity contribution is 1.25. The van der Waals surface area contributed by atoms with Gasteiger partial charge in [-0.15, -0.1) is 0 Å². The van der Waals surface area contributed by atoms with Gasteiger partial charge in [-0.2, -0.15) is 0 Å². The van der Waals surface area contributed by atoms with E-state index in [0.29, 0.717) is 0 Å². The average molecular weight is 1030 g/mol. The molecular formula is C78H53BN2. The highest BCUT2D eigenvalue weighted by molar-refractivity contribution is 7.00. The van der Waals surface area contributed by atoms with Crippen LogP contribution in [0.25, 0.3) is 89.0 Å². The van der Waals surface area contributed by atoms with Gasteiger partial charge in [0, 0.05) is 45.0 Å². The summed E-state index contributed by atoms with van der Waals surface area (Å²) in [6.45, 7) is -0.0452. The van der Waals surface area contributed by atoms with Gasteiger partial charge >= 0.3 is 0 Å². The number of benzene rings is 13. The lowest BCUT2D eigenvalue weighted by Gasteiger charge is -2.45. The van der Waals surface area contributed by atoms with E-state index < -0.39 is 0 Å². The highest BCUT2D eigenvalue weighted by Crippen LogP contribution is 2.52. The quantitative estimate of drug-likeness (QED) is 0.126. The minimum absolute atomic E-state index is 0.0452. The Hall–Kier alpha value is -10.5. The van der Waals surface area contributed by atoms with Crippen LogP contribution in [0.1, 0.15) is 0 Å². The predicted molar refractivity (Wildman–Crippen MR) is 344 cm³/mol. The number of nitrogens with zero attached hydrogens (tertiary/aromatic N) is 2. The maximum atomic E-state index is 2.59. The third kappa shape index (κ3) is 8.46. The normalized spacial score (nSPS) is 12.1. The summed E-state index contributed by atoms with van der Waals surface area (Å²) in [7, 11) is 0. The molecule has 0 spiro atoms. The van der Waals surface area contributed by atoms with E-state index >= 15 is 0 Å². The van der Waals surface area contributed by atoms with Crippen molar-refractivity contribution < 1.29 is 0 Å². The van der Waals surface area contributed by atoms with Crippen molar-refractivity contribution in [3.05, 3.63) is 322 Å². The lowest BCUT2D eigenvalue weighted by atomic mass is 9.33. The molecule has 15 rings (SSSR count). The van der Waals surface area contributed by atoms with E-state index in [2.05, 4.69) is 331 Å². The molecule has 0 saturated carbocycles. The van der Waals surface area contributed by atoms with Crippen LogP contribution in [0.15, 0.2) is 322 Å². The van der Waals surface area contributed by atoms with E-state index in [9.17, 15) is 0 Å². The fraction of sp³-hybridized carbons (Fsp3) is 0. The Morgan fingerprint density at radius 1 is 0.185 bits per heavy atom.